The summed E-state index contributed by atoms with van der Waals surface area (Å²) in [5.74, 6) is -0.984. The molecule has 7 heteroatoms. The van der Waals surface area contributed by atoms with Gasteiger partial charge in [0.05, 0.1) is 15.6 Å². The minimum atomic E-state index is -0.600. The van der Waals surface area contributed by atoms with E-state index in [9.17, 15) is 9.59 Å². The molecule has 3 aromatic rings. The molecule has 0 unspecified atom stereocenters. The Labute approximate surface area is 170 Å². The van der Waals surface area contributed by atoms with Gasteiger partial charge < -0.3 is 11.1 Å². The number of thiophene rings is 1. The lowest BCUT2D eigenvalue weighted by molar-refractivity contribution is -0.111. The van der Waals surface area contributed by atoms with E-state index in [-0.39, 0.29) is 11.5 Å². The van der Waals surface area contributed by atoms with Crippen molar-refractivity contribution in [3.8, 4) is 10.4 Å². The number of halogens is 2. The fourth-order valence-electron chi connectivity index (χ4n) is 2.35. The zero-order valence-corrected chi connectivity index (χ0v) is 16.2. The molecular formula is C20H14Cl2N2O2S. The molecule has 2 aromatic carbocycles. The molecule has 0 atom stereocenters. The zero-order valence-electron chi connectivity index (χ0n) is 13.9. The highest BCUT2D eigenvalue weighted by Gasteiger charge is 2.16. The maximum atomic E-state index is 12.3. The molecule has 1 heterocycles. The number of nitrogens with one attached hydrogen (secondary N) is 1. The number of hydrogen-bond donors (Lipinski definition) is 2. The van der Waals surface area contributed by atoms with Crippen LogP contribution in [-0.4, -0.2) is 11.8 Å². The van der Waals surface area contributed by atoms with Crippen LogP contribution in [0.5, 0.6) is 0 Å². The van der Waals surface area contributed by atoms with Gasteiger partial charge in [0.15, 0.2) is 0 Å². The second kappa shape index (κ2) is 8.39. The van der Waals surface area contributed by atoms with E-state index in [1.807, 2.05) is 30.3 Å². The van der Waals surface area contributed by atoms with Crippen LogP contribution in [-0.2, 0) is 4.79 Å². The van der Waals surface area contributed by atoms with Crippen LogP contribution in [0.2, 0.25) is 10.0 Å². The third kappa shape index (κ3) is 4.77. The lowest BCUT2D eigenvalue weighted by Gasteiger charge is -2.01. The maximum absolute atomic E-state index is 12.3. The normalized spacial score (nSPS) is 10.9. The Hall–Kier alpha value is -2.60. The molecule has 0 fully saturated rings. The first kappa shape index (κ1) is 19.2. The average molecular weight is 417 g/mol. The number of rotatable bonds is 5. The van der Waals surface area contributed by atoms with Gasteiger partial charge in [-0.25, -0.2) is 0 Å². The molecule has 4 nitrogen and oxygen atoms in total. The van der Waals surface area contributed by atoms with E-state index in [2.05, 4.69) is 5.32 Å². The van der Waals surface area contributed by atoms with Crippen molar-refractivity contribution in [2.24, 2.45) is 5.73 Å². The fourth-order valence-corrected chi connectivity index (χ4v) is 3.73. The van der Waals surface area contributed by atoms with Gasteiger partial charge in [0.1, 0.15) is 5.00 Å². The third-order valence-corrected chi connectivity index (χ3v) is 5.50. The topological polar surface area (TPSA) is 72.2 Å². The first-order valence-corrected chi connectivity index (χ1v) is 9.44. The van der Waals surface area contributed by atoms with Crippen LogP contribution in [0.3, 0.4) is 0 Å². The molecular weight excluding hydrogens is 403 g/mol. The van der Waals surface area contributed by atoms with E-state index in [1.165, 1.54) is 17.4 Å². The Morgan fingerprint density at radius 2 is 1.74 bits per heavy atom. The van der Waals surface area contributed by atoms with Crippen molar-refractivity contribution in [1.29, 1.82) is 0 Å². The Kier molecular flexibility index (Phi) is 5.96. The molecule has 0 aliphatic carbocycles. The minimum absolute atomic E-state index is 0.273. The fraction of sp³-hybridized carbons (Fsp3) is 0. The van der Waals surface area contributed by atoms with Gasteiger partial charge >= 0.3 is 0 Å². The highest BCUT2D eigenvalue weighted by Crippen LogP contribution is 2.35. The summed E-state index contributed by atoms with van der Waals surface area (Å²) in [5.41, 5.74) is 7.39. The number of nitrogens with two attached hydrogens (primary N) is 1. The molecule has 3 N–H and O–H groups in total. The lowest BCUT2D eigenvalue weighted by Crippen LogP contribution is -2.14. The Bertz CT molecular complexity index is 1030. The van der Waals surface area contributed by atoms with E-state index in [0.29, 0.717) is 15.0 Å². The predicted octanol–water partition coefficient (Wildman–Crippen LogP) is 5.47. The van der Waals surface area contributed by atoms with E-state index in [0.717, 1.165) is 16.0 Å². The number of primary amides is 1. The largest absolute Gasteiger partial charge is 0.366 e. The Morgan fingerprint density at radius 1 is 1.00 bits per heavy atom. The molecule has 27 heavy (non-hydrogen) atoms. The van der Waals surface area contributed by atoms with Gasteiger partial charge in [0, 0.05) is 11.0 Å². The molecule has 3 rings (SSSR count). The van der Waals surface area contributed by atoms with E-state index in [4.69, 9.17) is 28.9 Å². The second-order valence-electron chi connectivity index (χ2n) is 5.58. The Morgan fingerprint density at radius 3 is 2.41 bits per heavy atom. The molecule has 1 aromatic heterocycles. The summed E-state index contributed by atoms with van der Waals surface area (Å²) < 4.78 is 0. The van der Waals surface area contributed by atoms with Crippen LogP contribution < -0.4 is 11.1 Å². The van der Waals surface area contributed by atoms with Gasteiger partial charge in [-0.15, -0.1) is 11.3 Å². The predicted molar refractivity (Wildman–Crippen MR) is 112 cm³/mol. The van der Waals surface area contributed by atoms with Gasteiger partial charge in [0.25, 0.3) is 5.91 Å². The number of anilines is 1. The summed E-state index contributed by atoms with van der Waals surface area (Å²) in [6.45, 7) is 0. The summed E-state index contributed by atoms with van der Waals surface area (Å²) in [6.07, 6.45) is 2.96. The molecule has 0 aliphatic heterocycles. The van der Waals surface area contributed by atoms with Crippen LogP contribution in [0.4, 0.5) is 5.00 Å². The molecule has 2 amide bonds. The van der Waals surface area contributed by atoms with Gasteiger partial charge in [-0.1, -0.05) is 59.6 Å². The maximum Gasteiger partial charge on any atom is 0.251 e. The molecule has 0 radical (unpaired) electrons. The minimum Gasteiger partial charge on any atom is -0.366 e. The number of benzene rings is 2. The summed E-state index contributed by atoms with van der Waals surface area (Å²) in [6, 6.07) is 16.3. The van der Waals surface area contributed by atoms with Crippen molar-refractivity contribution >= 4 is 57.4 Å². The summed E-state index contributed by atoms with van der Waals surface area (Å²) in [7, 11) is 0. The molecule has 0 saturated heterocycles. The quantitative estimate of drug-likeness (QED) is 0.540. The van der Waals surface area contributed by atoms with Crippen molar-refractivity contribution in [3.05, 3.63) is 81.8 Å². The van der Waals surface area contributed by atoms with Crippen LogP contribution in [0.25, 0.3) is 16.5 Å². The second-order valence-corrected chi connectivity index (χ2v) is 7.45. The smallest absolute Gasteiger partial charge is 0.251 e. The average Bonchev–Trinajstić information content (AvgIpc) is 3.07. The number of amides is 2. The van der Waals surface area contributed by atoms with Crippen LogP contribution >= 0.6 is 34.5 Å². The van der Waals surface area contributed by atoms with Crippen molar-refractivity contribution in [2.75, 3.05) is 5.32 Å². The van der Waals surface area contributed by atoms with Gasteiger partial charge in [0.2, 0.25) is 5.91 Å². The van der Waals surface area contributed by atoms with Crippen LogP contribution in [0.1, 0.15) is 15.9 Å². The van der Waals surface area contributed by atoms with E-state index >= 15 is 0 Å². The SMILES string of the molecule is NC(=O)c1cc(-c2ccccc2)sc1NC(=O)/C=C/c1ccc(Cl)c(Cl)c1. The first-order valence-electron chi connectivity index (χ1n) is 7.87. The van der Waals surface area contributed by atoms with E-state index in [1.54, 1.807) is 30.3 Å². The zero-order chi connectivity index (χ0) is 19.4. The summed E-state index contributed by atoms with van der Waals surface area (Å²) >= 11 is 13.1. The molecule has 136 valence electrons. The number of hydrogen-bond acceptors (Lipinski definition) is 3. The van der Waals surface area contributed by atoms with E-state index < -0.39 is 5.91 Å². The number of carbonyl (C=O) groups excluding carboxylic acids is 2. The Balaban J connectivity index is 1.80. The lowest BCUT2D eigenvalue weighted by atomic mass is 10.1. The van der Waals surface area contributed by atoms with Crippen molar-refractivity contribution in [2.45, 2.75) is 0 Å². The third-order valence-electron chi connectivity index (χ3n) is 3.66. The van der Waals surface area contributed by atoms with Gasteiger partial charge in [-0.2, -0.15) is 0 Å². The highest BCUT2D eigenvalue weighted by atomic mass is 35.5. The molecule has 0 bridgehead atoms. The number of carbonyl (C=O) groups is 2. The highest BCUT2D eigenvalue weighted by molar-refractivity contribution is 7.20. The van der Waals surface area contributed by atoms with Crippen LogP contribution in [0, 0.1) is 0 Å². The standard InChI is InChI=1S/C20H14Cl2N2O2S/c21-15-8-6-12(10-16(15)22)7-9-18(25)24-20-14(19(23)26)11-17(27-20)13-4-2-1-3-5-13/h1-11H,(H2,23,26)(H,24,25)/b9-7+. The van der Waals surface area contributed by atoms with Crippen molar-refractivity contribution < 1.29 is 9.59 Å². The summed E-state index contributed by atoms with van der Waals surface area (Å²) in [5, 5.41) is 3.96. The molecule has 0 saturated carbocycles. The van der Waals surface area contributed by atoms with Crippen LogP contribution in [0.15, 0.2) is 60.7 Å². The van der Waals surface area contributed by atoms with Crippen molar-refractivity contribution in [3.63, 3.8) is 0 Å². The van der Waals surface area contributed by atoms with Gasteiger partial charge in [-0.05, 0) is 35.4 Å². The molecule has 0 spiro atoms. The van der Waals surface area contributed by atoms with Crippen molar-refractivity contribution in [1.82, 2.24) is 0 Å². The van der Waals surface area contributed by atoms with Gasteiger partial charge in [-0.3, -0.25) is 9.59 Å². The molecule has 0 aliphatic rings. The summed E-state index contributed by atoms with van der Waals surface area (Å²) in [4.78, 5) is 24.8. The first-order chi connectivity index (χ1) is 12.9. The monoisotopic (exact) mass is 416 g/mol.